The van der Waals surface area contributed by atoms with Crippen molar-refractivity contribution in [2.75, 3.05) is 24.6 Å². The third-order valence-corrected chi connectivity index (χ3v) is 3.76. The van der Waals surface area contributed by atoms with Crippen molar-refractivity contribution in [3.63, 3.8) is 0 Å². The Morgan fingerprint density at radius 3 is 2.71 bits per heavy atom. The summed E-state index contributed by atoms with van der Waals surface area (Å²) in [5.41, 5.74) is -0.490. The van der Waals surface area contributed by atoms with Crippen molar-refractivity contribution in [1.29, 1.82) is 5.26 Å². The molecule has 124 valence electrons. The molecule has 1 aliphatic heterocycles. The largest absolute Gasteiger partial charge is 0.416 e. The number of benzene rings is 1. The van der Waals surface area contributed by atoms with Gasteiger partial charge in [-0.05, 0) is 11.6 Å². The Labute approximate surface area is 136 Å². The summed E-state index contributed by atoms with van der Waals surface area (Å²) in [6, 6.07) is 7.31. The Morgan fingerprint density at radius 1 is 1.21 bits per heavy atom. The molecule has 1 atom stereocenters. The number of anilines is 1. The number of hydrogen-bond donors (Lipinski definition) is 0. The first-order chi connectivity index (χ1) is 11.5. The molecule has 2 heterocycles. The molecule has 2 aromatic rings. The number of morpholine rings is 1. The van der Waals surface area contributed by atoms with Gasteiger partial charge in [-0.2, -0.15) is 18.4 Å². The first kappa shape index (κ1) is 16.2. The van der Waals surface area contributed by atoms with Crippen molar-refractivity contribution in [1.82, 2.24) is 9.97 Å². The maximum atomic E-state index is 13.2. The summed E-state index contributed by atoms with van der Waals surface area (Å²) in [4.78, 5) is 9.81. The number of rotatable bonds is 2. The molecule has 0 bridgehead atoms. The Balaban J connectivity index is 1.91. The topological polar surface area (TPSA) is 62.0 Å². The maximum absolute atomic E-state index is 13.2. The molecular formula is C16H13F3N4O. The highest BCUT2D eigenvalue weighted by molar-refractivity contribution is 5.50. The van der Waals surface area contributed by atoms with Gasteiger partial charge in [-0.3, -0.25) is 0 Å². The van der Waals surface area contributed by atoms with Crippen molar-refractivity contribution in [2.45, 2.75) is 12.3 Å². The molecule has 1 aromatic heterocycles. The van der Waals surface area contributed by atoms with E-state index >= 15 is 0 Å². The number of alkyl halides is 3. The fourth-order valence-electron chi connectivity index (χ4n) is 2.71. The van der Waals surface area contributed by atoms with E-state index in [1.165, 1.54) is 24.5 Å². The van der Waals surface area contributed by atoms with Crippen LogP contribution in [-0.2, 0) is 10.9 Å². The van der Waals surface area contributed by atoms with Crippen molar-refractivity contribution >= 4 is 5.82 Å². The summed E-state index contributed by atoms with van der Waals surface area (Å²) in [5.74, 6) is 0.359. The Hall–Kier alpha value is -2.66. The molecule has 0 amide bonds. The van der Waals surface area contributed by atoms with Gasteiger partial charge in [0.2, 0.25) is 0 Å². The van der Waals surface area contributed by atoms with Crippen LogP contribution < -0.4 is 4.90 Å². The highest BCUT2D eigenvalue weighted by atomic mass is 19.4. The van der Waals surface area contributed by atoms with Gasteiger partial charge in [-0.15, -0.1) is 0 Å². The molecule has 1 aromatic carbocycles. The number of nitrogens with zero attached hydrogens (tertiary/aromatic N) is 4. The van der Waals surface area contributed by atoms with E-state index in [2.05, 4.69) is 9.97 Å². The summed E-state index contributed by atoms with van der Waals surface area (Å²) in [6.07, 6.45) is -2.36. The average Bonchev–Trinajstić information content (AvgIpc) is 2.61. The van der Waals surface area contributed by atoms with Crippen LogP contribution in [0.15, 0.2) is 36.7 Å². The van der Waals surface area contributed by atoms with Crippen molar-refractivity contribution in [3.8, 4) is 6.07 Å². The molecular weight excluding hydrogens is 321 g/mol. The van der Waals surface area contributed by atoms with Crippen LogP contribution in [0, 0.1) is 11.3 Å². The van der Waals surface area contributed by atoms with Gasteiger partial charge in [-0.25, -0.2) is 9.97 Å². The second kappa shape index (κ2) is 6.45. The van der Waals surface area contributed by atoms with E-state index in [-0.39, 0.29) is 24.4 Å². The molecule has 3 rings (SSSR count). The van der Waals surface area contributed by atoms with E-state index in [4.69, 9.17) is 10.00 Å². The summed E-state index contributed by atoms with van der Waals surface area (Å²) in [6.45, 7) is 0.830. The second-order valence-electron chi connectivity index (χ2n) is 5.23. The van der Waals surface area contributed by atoms with E-state index in [9.17, 15) is 13.2 Å². The zero-order valence-corrected chi connectivity index (χ0v) is 12.5. The van der Waals surface area contributed by atoms with Crippen LogP contribution in [-0.4, -0.2) is 29.7 Å². The van der Waals surface area contributed by atoms with Crippen molar-refractivity contribution in [2.24, 2.45) is 0 Å². The zero-order chi connectivity index (χ0) is 17.2. The molecule has 5 nitrogen and oxygen atoms in total. The number of nitriles is 1. The Kier molecular flexibility index (Phi) is 4.36. The predicted molar refractivity (Wildman–Crippen MR) is 79.1 cm³/mol. The van der Waals surface area contributed by atoms with Crippen LogP contribution in [0.3, 0.4) is 0 Å². The lowest BCUT2D eigenvalue weighted by molar-refractivity contribution is -0.139. The zero-order valence-electron chi connectivity index (χ0n) is 12.5. The summed E-state index contributed by atoms with van der Waals surface area (Å²) in [5, 5.41) is 9.12. The Morgan fingerprint density at radius 2 is 1.96 bits per heavy atom. The molecule has 0 spiro atoms. The van der Waals surface area contributed by atoms with Crippen LogP contribution in [0.25, 0.3) is 0 Å². The van der Waals surface area contributed by atoms with Crippen LogP contribution in [0.5, 0.6) is 0 Å². The van der Waals surface area contributed by atoms with Crippen molar-refractivity contribution < 1.29 is 17.9 Å². The number of halogens is 3. The quantitative estimate of drug-likeness (QED) is 0.845. The third kappa shape index (κ3) is 3.16. The van der Waals surface area contributed by atoms with Gasteiger partial charge >= 0.3 is 6.18 Å². The van der Waals surface area contributed by atoms with E-state index in [1.54, 1.807) is 11.0 Å². The van der Waals surface area contributed by atoms with Gasteiger partial charge in [0.05, 0.1) is 12.2 Å². The standard InChI is InChI=1S/C16H13F3N4O/c17-16(18,19)12-4-2-1-3-11(12)14-10-23(7-8-24-14)15-13(9-20)21-5-6-22-15/h1-6,14H,7-8,10H2/t14-/m0/s1. The minimum absolute atomic E-state index is 0.0806. The molecule has 0 aliphatic carbocycles. The molecule has 0 N–H and O–H groups in total. The lowest BCUT2D eigenvalue weighted by Gasteiger charge is -2.34. The van der Waals surface area contributed by atoms with Gasteiger partial charge < -0.3 is 9.64 Å². The third-order valence-electron chi connectivity index (χ3n) is 3.76. The minimum Gasteiger partial charge on any atom is -0.370 e. The summed E-state index contributed by atoms with van der Waals surface area (Å²) < 4.78 is 45.2. The molecule has 1 fully saturated rings. The highest BCUT2D eigenvalue weighted by Gasteiger charge is 2.36. The molecule has 0 radical (unpaired) electrons. The van der Waals surface area contributed by atoms with Gasteiger partial charge in [0.15, 0.2) is 11.5 Å². The van der Waals surface area contributed by atoms with Crippen LogP contribution >= 0.6 is 0 Å². The van der Waals surface area contributed by atoms with Crippen LogP contribution in [0.2, 0.25) is 0 Å². The normalized spacial score (nSPS) is 18.2. The monoisotopic (exact) mass is 334 g/mol. The van der Waals surface area contributed by atoms with E-state index in [0.29, 0.717) is 12.4 Å². The molecule has 1 aliphatic rings. The maximum Gasteiger partial charge on any atom is 0.416 e. The SMILES string of the molecule is N#Cc1nccnc1N1CCO[C@H](c2ccccc2C(F)(F)F)C1. The Bertz CT molecular complexity index is 772. The molecule has 24 heavy (non-hydrogen) atoms. The fourth-order valence-corrected chi connectivity index (χ4v) is 2.71. The number of aromatic nitrogens is 2. The highest BCUT2D eigenvalue weighted by Crippen LogP contribution is 2.37. The predicted octanol–water partition coefficient (Wildman–Crippen LogP) is 2.94. The molecule has 0 unspecified atom stereocenters. The van der Waals surface area contributed by atoms with E-state index in [0.717, 1.165) is 6.07 Å². The van der Waals surface area contributed by atoms with Gasteiger partial charge in [0.25, 0.3) is 0 Å². The van der Waals surface area contributed by atoms with Gasteiger partial charge in [0.1, 0.15) is 12.2 Å². The lowest BCUT2D eigenvalue weighted by atomic mass is 10.0. The van der Waals surface area contributed by atoms with Gasteiger partial charge in [0, 0.05) is 25.5 Å². The first-order valence-corrected chi connectivity index (χ1v) is 7.24. The van der Waals surface area contributed by atoms with Gasteiger partial charge in [-0.1, -0.05) is 18.2 Å². The first-order valence-electron chi connectivity index (χ1n) is 7.24. The number of ether oxygens (including phenoxy) is 1. The van der Waals surface area contributed by atoms with Crippen LogP contribution in [0.4, 0.5) is 19.0 Å². The molecule has 0 saturated carbocycles. The van der Waals surface area contributed by atoms with Crippen LogP contribution in [0.1, 0.15) is 22.9 Å². The molecule has 1 saturated heterocycles. The van der Waals surface area contributed by atoms with Crippen molar-refractivity contribution in [3.05, 3.63) is 53.5 Å². The van der Waals surface area contributed by atoms with E-state index < -0.39 is 17.8 Å². The number of hydrogen-bond acceptors (Lipinski definition) is 5. The smallest absolute Gasteiger partial charge is 0.370 e. The lowest BCUT2D eigenvalue weighted by Crippen LogP contribution is -2.40. The molecule has 8 heteroatoms. The minimum atomic E-state index is -4.45. The summed E-state index contributed by atoms with van der Waals surface area (Å²) in [7, 11) is 0. The van der Waals surface area contributed by atoms with E-state index in [1.807, 2.05) is 6.07 Å². The fraction of sp³-hybridized carbons (Fsp3) is 0.312. The summed E-state index contributed by atoms with van der Waals surface area (Å²) >= 11 is 0. The average molecular weight is 334 g/mol. The second-order valence-corrected chi connectivity index (χ2v) is 5.23.